The fourth-order valence-electron chi connectivity index (χ4n) is 2.93. The lowest BCUT2D eigenvalue weighted by Gasteiger charge is -2.35. The van der Waals surface area contributed by atoms with Crippen LogP contribution in [0.3, 0.4) is 0 Å². The van der Waals surface area contributed by atoms with Crippen LogP contribution >= 0.6 is 0 Å². The average Bonchev–Trinajstić information content (AvgIpc) is 2.40. The Balaban J connectivity index is 2.10. The summed E-state index contributed by atoms with van der Waals surface area (Å²) in [6, 6.07) is 9.74. The molecule has 1 N–H and O–H groups in total. The van der Waals surface area contributed by atoms with E-state index in [0.717, 1.165) is 31.2 Å². The second-order valence-electron chi connectivity index (χ2n) is 5.63. The lowest BCUT2D eigenvalue weighted by atomic mass is 9.68. The Bertz CT molecular complexity index is 495. The Morgan fingerprint density at radius 3 is 2.79 bits per heavy atom. The van der Waals surface area contributed by atoms with E-state index in [0.29, 0.717) is 12.3 Å². The van der Waals surface area contributed by atoms with Crippen molar-refractivity contribution in [3.63, 3.8) is 0 Å². The molecule has 1 aliphatic carbocycles. The van der Waals surface area contributed by atoms with Crippen molar-refractivity contribution in [3.05, 3.63) is 35.9 Å². The van der Waals surface area contributed by atoms with Gasteiger partial charge < -0.3 is 5.11 Å². The molecule has 2 unspecified atom stereocenters. The van der Waals surface area contributed by atoms with E-state index in [4.69, 9.17) is 0 Å². The molecule has 0 amide bonds. The maximum atomic E-state index is 11.6. The number of hydrogen-bond acceptors (Lipinski definition) is 1. The SMILES string of the molecule is CC1CCCC(CC#Cc2ccccc2)(C(=O)O)C1. The third kappa shape index (κ3) is 3.38. The second-order valence-corrected chi connectivity index (χ2v) is 5.63. The highest BCUT2D eigenvalue weighted by Gasteiger charge is 2.41. The highest BCUT2D eigenvalue weighted by molar-refractivity contribution is 5.75. The highest BCUT2D eigenvalue weighted by atomic mass is 16.4. The quantitative estimate of drug-likeness (QED) is 0.819. The first-order chi connectivity index (χ1) is 9.12. The number of carboxylic acid groups (broad SMARTS) is 1. The summed E-state index contributed by atoms with van der Waals surface area (Å²) in [7, 11) is 0. The van der Waals surface area contributed by atoms with Crippen LogP contribution in [-0.4, -0.2) is 11.1 Å². The zero-order chi connectivity index (χ0) is 13.7. The van der Waals surface area contributed by atoms with E-state index in [2.05, 4.69) is 18.8 Å². The molecule has 0 bridgehead atoms. The van der Waals surface area contributed by atoms with Crippen LogP contribution < -0.4 is 0 Å². The number of hydrogen-bond donors (Lipinski definition) is 1. The molecular weight excluding hydrogens is 236 g/mol. The van der Waals surface area contributed by atoms with Crippen molar-refractivity contribution >= 4 is 5.97 Å². The van der Waals surface area contributed by atoms with Crippen molar-refractivity contribution in [1.82, 2.24) is 0 Å². The van der Waals surface area contributed by atoms with E-state index < -0.39 is 11.4 Å². The summed E-state index contributed by atoms with van der Waals surface area (Å²) in [5, 5.41) is 9.54. The van der Waals surface area contributed by atoms with Gasteiger partial charge in [-0.1, -0.05) is 49.8 Å². The average molecular weight is 256 g/mol. The van der Waals surface area contributed by atoms with Gasteiger partial charge in [-0.05, 0) is 30.9 Å². The van der Waals surface area contributed by atoms with Crippen molar-refractivity contribution < 1.29 is 9.90 Å². The molecule has 2 heteroatoms. The van der Waals surface area contributed by atoms with Gasteiger partial charge in [-0.3, -0.25) is 4.79 Å². The third-order valence-corrected chi connectivity index (χ3v) is 3.98. The van der Waals surface area contributed by atoms with Gasteiger partial charge in [-0.25, -0.2) is 0 Å². The molecule has 1 fully saturated rings. The van der Waals surface area contributed by atoms with E-state index in [1.807, 2.05) is 30.3 Å². The minimum Gasteiger partial charge on any atom is -0.481 e. The summed E-state index contributed by atoms with van der Waals surface area (Å²) in [5.41, 5.74) is 0.325. The molecule has 100 valence electrons. The van der Waals surface area contributed by atoms with Gasteiger partial charge in [0.2, 0.25) is 0 Å². The zero-order valence-electron chi connectivity index (χ0n) is 11.4. The lowest BCUT2D eigenvalue weighted by molar-refractivity contribution is -0.151. The van der Waals surface area contributed by atoms with E-state index in [1.54, 1.807) is 0 Å². The van der Waals surface area contributed by atoms with Crippen LogP contribution in [0.2, 0.25) is 0 Å². The first-order valence-corrected chi connectivity index (χ1v) is 6.90. The molecule has 0 radical (unpaired) electrons. The maximum absolute atomic E-state index is 11.6. The molecule has 1 aliphatic rings. The van der Waals surface area contributed by atoms with E-state index in [-0.39, 0.29) is 0 Å². The van der Waals surface area contributed by atoms with Gasteiger partial charge in [0.25, 0.3) is 0 Å². The predicted molar refractivity (Wildman–Crippen MR) is 75.6 cm³/mol. The predicted octanol–water partition coefficient (Wildman–Crippen LogP) is 3.71. The van der Waals surface area contributed by atoms with Crippen molar-refractivity contribution in [1.29, 1.82) is 0 Å². The van der Waals surface area contributed by atoms with E-state index >= 15 is 0 Å². The molecule has 0 aliphatic heterocycles. The molecule has 19 heavy (non-hydrogen) atoms. The van der Waals surface area contributed by atoms with Gasteiger partial charge in [0, 0.05) is 12.0 Å². The van der Waals surface area contributed by atoms with Gasteiger partial charge >= 0.3 is 5.97 Å². The first kappa shape index (κ1) is 13.7. The summed E-state index contributed by atoms with van der Waals surface area (Å²) >= 11 is 0. The molecule has 0 spiro atoms. The summed E-state index contributed by atoms with van der Waals surface area (Å²) in [4.78, 5) is 11.6. The molecule has 1 aromatic rings. The maximum Gasteiger partial charge on any atom is 0.310 e. The number of carbonyl (C=O) groups is 1. The molecule has 0 aromatic heterocycles. The van der Waals surface area contributed by atoms with Crippen molar-refractivity contribution in [2.24, 2.45) is 11.3 Å². The molecule has 0 heterocycles. The van der Waals surface area contributed by atoms with Crippen molar-refractivity contribution in [3.8, 4) is 11.8 Å². The summed E-state index contributed by atoms with van der Waals surface area (Å²) in [6.07, 6.45) is 4.12. The Kier molecular flexibility index (Phi) is 4.27. The summed E-state index contributed by atoms with van der Waals surface area (Å²) in [6.45, 7) is 2.14. The number of rotatable bonds is 2. The van der Waals surface area contributed by atoms with Gasteiger partial charge in [-0.2, -0.15) is 0 Å². The smallest absolute Gasteiger partial charge is 0.310 e. The summed E-state index contributed by atoms with van der Waals surface area (Å²) in [5.74, 6) is 5.97. The molecule has 0 saturated heterocycles. The standard InChI is InChI=1S/C17H20O2/c1-14-7-5-11-17(13-14,16(18)19)12-6-10-15-8-3-2-4-9-15/h2-4,8-9,14H,5,7,11-13H2,1H3,(H,18,19). The van der Waals surface area contributed by atoms with Crippen LogP contribution in [0, 0.1) is 23.2 Å². The van der Waals surface area contributed by atoms with Crippen LogP contribution in [-0.2, 0) is 4.79 Å². The Morgan fingerprint density at radius 1 is 1.42 bits per heavy atom. The van der Waals surface area contributed by atoms with Gasteiger partial charge in [-0.15, -0.1) is 0 Å². The van der Waals surface area contributed by atoms with Crippen LogP contribution in [0.15, 0.2) is 30.3 Å². The minimum atomic E-state index is -0.679. The monoisotopic (exact) mass is 256 g/mol. The molecule has 2 rings (SSSR count). The first-order valence-electron chi connectivity index (χ1n) is 6.90. The molecule has 1 saturated carbocycles. The minimum absolute atomic E-state index is 0.460. The third-order valence-electron chi connectivity index (χ3n) is 3.98. The Labute approximate surface area is 114 Å². The fourth-order valence-corrected chi connectivity index (χ4v) is 2.93. The zero-order valence-corrected chi connectivity index (χ0v) is 11.4. The van der Waals surface area contributed by atoms with E-state index in [9.17, 15) is 9.90 Å². The largest absolute Gasteiger partial charge is 0.481 e. The summed E-state index contributed by atoms with van der Waals surface area (Å²) < 4.78 is 0. The number of carboxylic acids is 1. The molecule has 2 nitrogen and oxygen atoms in total. The number of benzene rings is 1. The molecule has 2 atom stereocenters. The normalized spacial score (nSPS) is 26.3. The van der Waals surface area contributed by atoms with Gasteiger partial charge in [0.15, 0.2) is 0 Å². The van der Waals surface area contributed by atoms with Gasteiger partial charge in [0.1, 0.15) is 0 Å². The Morgan fingerprint density at radius 2 is 2.16 bits per heavy atom. The van der Waals surface area contributed by atoms with Crippen LogP contribution in [0.5, 0.6) is 0 Å². The molecule has 1 aromatic carbocycles. The van der Waals surface area contributed by atoms with E-state index in [1.165, 1.54) is 0 Å². The van der Waals surface area contributed by atoms with Crippen molar-refractivity contribution in [2.45, 2.75) is 39.0 Å². The lowest BCUT2D eigenvalue weighted by Crippen LogP contribution is -2.35. The molecular formula is C17H20O2. The van der Waals surface area contributed by atoms with Gasteiger partial charge in [0.05, 0.1) is 5.41 Å². The van der Waals surface area contributed by atoms with Crippen LogP contribution in [0.4, 0.5) is 0 Å². The topological polar surface area (TPSA) is 37.3 Å². The fraction of sp³-hybridized carbons (Fsp3) is 0.471. The van der Waals surface area contributed by atoms with Crippen molar-refractivity contribution in [2.75, 3.05) is 0 Å². The Hall–Kier alpha value is -1.75. The second kappa shape index (κ2) is 5.93. The van der Waals surface area contributed by atoms with Crippen LogP contribution in [0.25, 0.3) is 0 Å². The number of aliphatic carboxylic acids is 1. The van der Waals surface area contributed by atoms with Crippen LogP contribution in [0.1, 0.15) is 44.6 Å². The highest BCUT2D eigenvalue weighted by Crippen LogP contribution is 2.42.